The summed E-state index contributed by atoms with van der Waals surface area (Å²) in [5.74, 6) is -0.0173. The first-order valence-corrected chi connectivity index (χ1v) is 8.65. The Balaban J connectivity index is 2.38. The molecule has 4 heteroatoms. The molecule has 0 aliphatic carbocycles. The minimum atomic E-state index is -0.0173. The van der Waals surface area contributed by atoms with Gasteiger partial charge in [-0.05, 0) is 62.1 Å². The summed E-state index contributed by atoms with van der Waals surface area (Å²) in [6.45, 7) is 8.65. The minimum Gasteiger partial charge on any atom is -0.307 e. The molecule has 1 aromatic carbocycles. The Kier molecular flexibility index (Phi) is 5.57. The van der Waals surface area contributed by atoms with Crippen molar-refractivity contribution in [2.45, 2.75) is 40.5 Å². The largest absolute Gasteiger partial charge is 0.307 e. The zero-order valence-corrected chi connectivity index (χ0v) is 15.0. The van der Waals surface area contributed by atoms with Gasteiger partial charge >= 0.3 is 0 Å². The van der Waals surface area contributed by atoms with Crippen LogP contribution in [0.15, 0.2) is 24.3 Å². The Morgan fingerprint density at radius 3 is 2.48 bits per heavy atom. The van der Waals surface area contributed by atoms with Crippen molar-refractivity contribution in [3.63, 3.8) is 0 Å². The average Bonchev–Trinajstić information content (AvgIpc) is 2.91. The highest BCUT2D eigenvalue weighted by Crippen LogP contribution is 2.27. The maximum Gasteiger partial charge on any atom is 0.268 e. The number of nitriles is 1. The molecule has 0 fully saturated rings. The molecule has 1 heterocycles. The van der Waals surface area contributed by atoms with Gasteiger partial charge in [0.05, 0.1) is 17.4 Å². The molecule has 0 atom stereocenters. The third kappa shape index (κ3) is 3.80. The van der Waals surface area contributed by atoms with Gasteiger partial charge in [0.15, 0.2) is 0 Å². The van der Waals surface area contributed by atoms with Crippen molar-refractivity contribution in [1.29, 1.82) is 5.26 Å². The molecule has 0 N–H and O–H groups in total. The van der Waals surface area contributed by atoms with Gasteiger partial charge in [-0.25, -0.2) is 0 Å². The Morgan fingerprint density at radius 1 is 1.17 bits per heavy atom. The molecule has 0 aliphatic rings. The second-order valence-electron chi connectivity index (χ2n) is 5.70. The topological polar surface area (TPSA) is 44.1 Å². The Hall–Kier alpha value is -2.12. The van der Waals surface area contributed by atoms with E-state index < -0.39 is 0 Å². The fraction of sp³-hybridized carbons (Fsp3) is 0.368. The number of aryl methyl sites for hydroxylation is 4. The number of anilines is 1. The molecular formula is C19H22N2OS. The number of amides is 1. The molecule has 2 rings (SSSR count). The van der Waals surface area contributed by atoms with Crippen LogP contribution in [0.5, 0.6) is 0 Å². The van der Waals surface area contributed by atoms with Crippen molar-refractivity contribution in [3.05, 3.63) is 50.7 Å². The van der Waals surface area contributed by atoms with Crippen LogP contribution in [0.2, 0.25) is 0 Å². The zero-order valence-electron chi connectivity index (χ0n) is 14.1. The van der Waals surface area contributed by atoms with Crippen LogP contribution >= 0.6 is 11.3 Å². The van der Waals surface area contributed by atoms with Gasteiger partial charge < -0.3 is 4.90 Å². The molecule has 23 heavy (non-hydrogen) atoms. The summed E-state index contributed by atoms with van der Waals surface area (Å²) in [5, 5.41) is 8.91. The van der Waals surface area contributed by atoms with E-state index >= 15 is 0 Å². The van der Waals surface area contributed by atoms with Crippen molar-refractivity contribution in [1.82, 2.24) is 0 Å². The van der Waals surface area contributed by atoms with Gasteiger partial charge in [-0.2, -0.15) is 5.26 Å². The van der Waals surface area contributed by atoms with Crippen molar-refractivity contribution < 1.29 is 4.79 Å². The molecule has 0 aliphatic heterocycles. The first-order valence-electron chi connectivity index (χ1n) is 7.83. The number of thiophene rings is 1. The number of rotatable bonds is 5. The van der Waals surface area contributed by atoms with Crippen LogP contribution in [-0.2, 0) is 6.42 Å². The Bertz CT molecular complexity index is 755. The van der Waals surface area contributed by atoms with E-state index in [-0.39, 0.29) is 5.91 Å². The summed E-state index contributed by atoms with van der Waals surface area (Å²) >= 11 is 1.56. The highest BCUT2D eigenvalue weighted by atomic mass is 32.1. The maximum atomic E-state index is 13.0. The molecule has 0 radical (unpaired) electrons. The van der Waals surface area contributed by atoms with E-state index in [2.05, 4.69) is 19.9 Å². The fourth-order valence-corrected chi connectivity index (χ4v) is 3.58. The van der Waals surface area contributed by atoms with Gasteiger partial charge in [0.25, 0.3) is 5.91 Å². The van der Waals surface area contributed by atoms with Crippen LogP contribution in [0.25, 0.3) is 0 Å². The Labute approximate surface area is 142 Å². The number of hydrogen-bond acceptors (Lipinski definition) is 3. The summed E-state index contributed by atoms with van der Waals surface area (Å²) in [5.41, 5.74) is 4.37. The number of nitrogens with zero attached hydrogens (tertiary/aromatic N) is 2. The third-order valence-electron chi connectivity index (χ3n) is 4.05. The number of benzene rings is 1. The van der Waals surface area contributed by atoms with E-state index in [0.717, 1.165) is 22.5 Å². The summed E-state index contributed by atoms with van der Waals surface area (Å²) < 4.78 is 0. The van der Waals surface area contributed by atoms with E-state index in [4.69, 9.17) is 5.26 Å². The van der Waals surface area contributed by atoms with Gasteiger partial charge in [0.2, 0.25) is 0 Å². The van der Waals surface area contributed by atoms with Gasteiger partial charge in [0, 0.05) is 17.1 Å². The molecule has 3 nitrogen and oxygen atoms in total. The summed E-state index contributed by atoms with van der Waals surface area (Å²) in [4.78, 5) is 16.7. The van der Waals surface area contributed by atoms with Gasteiger partial charge in [-0.15, -0.1) is 11.3 Å². The van der Waals surface area contributed by atoms with Crippen LogP contribution in [0.1, 0.15) is 44.6 Å². The molecule has 0 bridgehead atoms. The summed E-state index contributed by atoms with van der Waals surface area (Å²) in [6, 6.07) is 10.1. The highest BCUT2D eigenvalue weighted by Gasteiger charge is 2.20. The van der Waals surface area contributed by atoms with E-state index in [1.54, 1.807) is 16.2 Å². The number of carbonyl (C=O) groups excluding carboxylic acids is 1. The second-order valence-corrected chi connectivity index (χ2v) is 6.84. The lowest BCUT2D eigenvalue weighted by molar-refractivity contribution is 0.0991. The number of carbonyl (C=O) groups is 1. The second kappa shape index (κ2) is 7.43. The lowest BCUT2D eigenvalue weighted by Crippen LogP contribution is -2.31. The standard InChI is InChI=1S/C19H22N2OS/c1-5-17-15(4)12-18(23-17)19(22)21(10-6-9-20)16-8-7-13(2)14(3)11-16/h7-8,11-12H,5-6,10H2,1-4H3. The molecule has 0 saturated heterocycles. The minimum absolute atomic E-state index is 0.0173. The fourth-order valence-electron chi connectivity index (χ4n) is 2.51. The quantitative estimate of drug-likeness (QED) is 0.792. The van der Waals surface area contributed by atoms with Crippen LogP contribution in [0, 0.1) is 32.1 Å². The molecule has 1 aromatic heterocycles. The predicted octanol–water partition coefficient (Wildman–Crippen LogP) is 4.80. The van der Waals surface area contributed by atoms with Crippen molar-refractivity contribution in [2.75, 3.05) is 11.4 Å². The molecular weight excluding hydrogens is 304 g/mol. The molecule has 0 saturated carbocycles. The van der Waals surface area contributed by atoms with E-state index in [1.807, 2.05) is 38.1 Å². The van der Waals surface area contributed by atoms with Crippen LogP contribution < -0.4 is 4.90 Å². The molecule has 0 unspecified atom stereocenters. The van der Waals surface area contributed by atoms with Gasteiger partial charge in [-0.1, -0.05) is 13.0 Å². The Morgan fingerprint density at radius 2 is 1.91 bits per heavy atom. The highest BCUT2D eigenvalue weighted by molar-refractivity contribution is 7.14. The SMILES string of the molecule is CCc1sc(C(=O)N(CCC#N)c2ccc(C)c(C)c2)cc1C. The van der Waals surface area contributed by atoms with Crippen molar-refractivity contribution >= 4 is 22.9 Å². The lowest BCUT2D eigenvalue weighted by atomic mass is 10.1. The number of hydrogen-bond donors (Lipinski definition) is 0. The summed E-state index contributed by atoms with van der Waals surface area (Å²) in [7, 11) is 0. The van der Waals surface area contributed by atoms with Crippen molar-refractivity contribution in [3.8, 4) is 6.07 Å². The molecule has 2 aromatic rings. The molecule has 0 spiro atoms. The van der Waals surface area contributed by atoms with Crippen LogP contribution in [-0.4, -0.2) is 12.5 Å². The van der Waals surface area contributed by atoms with E-state index in [1.165, 1.54) is 16.0 Å². The lowest BCUT2D eigenvalue weighted by Gasteiger charge is -2.22. The third-order valence-corrected chi connectivity index (χ3v) is 5.42. The smallest absolute Gasteiger partial charge is 0.268 e. The van der Waals surface area contributed by atoms with E-state index in [0.29, 0.717) is 13.0 Å². The van der Waals surface area contributed by atoms with Gasteiger partial charge in [-0.3, -0.25) is 4.79 Å². The first kappa shape index (κ1) is 17.2. The summed E-state index contributed by atoms with van der Waals surface area (Å²) in [6.07, 6.45) is 1.26. The first-order chi connectivity index (χ1) is 11.0. The average molecular weight is 326 g/mol. The molecule has 1 amide bonds. The normalized spacial score (nSPS) is 10.4. The monoisotopic (exact) mass is 326 g/mol. The van der Waals surface area contributed by atoms with Crippen LogP contribution in [0.3, 0.4) is 0 Å². The maximum absolute atomic E-state index is 13.0. The van der Waals surface area contributed by atoms with Crippen molar-refractivity contribution in [2.24, 2.45) is 0 Å². The predicted molar refractivity (Wildman–Crippen MR) is 96.3 cm³/mol. The molecule has 120 valence electrons. The zero-order chi connectivity index (χ0) is 17.0. The van der Waals surface area contributed by atoms with Crippen LogP contribution in [0.4, 0.5) is 5.69 Å². The van der Waals surface area contributed by atoms with E-state index in [9.17, 15) is 4.79 Å². The van der Waals surface area contributed by atoms with Gasteiger partial charge in [0.1, 0.15) is 0 Å².